The number of nitrogens with two attached hydrogens (primary N) is 1. The summed E-state index contributed by atoms with van der Waals surface area (Å²) in [6.45, 7) is 9.77. The van der Waals surface area contributed by atoms with Crippen molar-refractivity contribution < 1.29 is 9.90 Å². The van der Waals surface area contributed by atoms with E-state index in [1.54, 1.807) is 13.8 Å². The zero-order chi connectivity index (χ0) is 15.5. The number of hydrogen-bond acceptors (Lipinski definition) is 5. The van der Waals surface area contributed by atoms with E-state index in [-0.39, 0.29) is 29.8 Å². The van der Waals surface area contributed by atoms with Gasteiger partial charge in [0.25, 0.3) is 5.91 Å². The number of aromatic nitrogens is 2. The van der Waals surface area contributed by atoms with Crippen molar-refractivity contribution in [2.45, 2.75) is 46.1 Å². The molecule has 0 aliphatic rings. The first-order valence-corrected chi connectivity index (χ1v) is 6.79. The number of anilines is 1. The monoisotopic (exact) mass is 280 g/mol. The Labute approximate surface area is 120 Å². The number of likely N-dealkylation sites (N-methyl/N-ethyl adjacent to an activating group) is 1. The first-order valence-electron chi connectivity index (χ1n) is 6.79. The van der Waals surface area contributed by atoms with Crippen LogP contribution in [0.1, 0.15) is 56.8 Å². The standard InChI is InChI=1S/C14H24N4O2/c1-6-18(8-14(4,5)20)13(19)11-10(15)7-16-12(17-11)9(2)3/h7,9,20H,6,8,15H2,1-5H3. The van der Waals surface area contributed by atoms with Crippen molar-refractivity contribution in [2.24, 2.45) is 0 Å². The summed E-state index contributed by atoms with van der Waals surface area (Å²) in [5.74, 6) is 0.421. The summed E-state index contributed by atoms with van der Waals surface area (Å²) in [6.07, 6.45) is 1.47. The zero-order valence-corrected chi connectivity index (χ0v) is 12.8. The lowest BCUT2D eigenvalue weighted by Gasteiger charge is -2.28. The van der Waals surface area contributed by atoms with Crippen LogP contribution in [0.15, 0.2) is 6.20 Å². The highest BCUT2D eigenvalue weighted by molar-refractivity contribution is 5.97. The number of rotatable bonds is 5. The van der Waals surface area contributed by atoms with Crippen LogP contribution in [-0.2, 0) is 0 Å². The SMILES string of the molecule is CCN(CC(C)(C)O)C(=O)c1nc(C(C)C)ncc1N. The molecule has 1 aromatic rings. The molecule has 0 atom stereocenters. The van der Waals surface area contributed by atoms with Gasteiger partial charge in [0.15, 0.2) is 5.69 Å². The summed E-state index contributed by atoms with van der Waals surface area (Å²) in [5.41, 5.74) is 5.31. The lowest BCUT2D eigenvalue weighted by Crippen LogP contribution is -2.42. The summed E-state index contributed by atoms with van der Waals surface area (Å²) in [5, 5.41) is 9.87. The second kappa shape index (κ2) is 6.17. The van der Waals surface area contributed by atoms with Crippen LogP contribution >= 0.6 is 0 Å². The van der Waals surface area contributed by atoms with E-state index in [0.29, 0.717) is 12.4 Å². The Bertz CT molecular complexity index is 481. The van der Waals surface area contributed by atoms with Crippen molar-refractivity contribution in [1.29, 1.82) is 0 Å². The maximum Gasteiger partial charge on any atom is 0.274 e. The van der Waals surface area contributed by atoms with E-state index in [0.717, 1.165) is 0 Å². The van der Waals surface area contributed by atoms with Crippen LogP contribution in [0, 0.1) is 0 Å². The van der Waals surface area contributed by atoms with E-state index in [1.165, 1.54) is 11.1 Å². The van der Waals surface area contributed by atoms with Crippen LogP contribution in [0.25, 0.3) is 0 Å². The molecular weight excluding hydrogens is 256 g/mol. The van der Waals surface area contributed by atoms with E-state index in [2.05, 4.69) is 9.97 Å². The molecular formula is C14H24N4O2. The summed E-state index contributed by atoms with van der Waals surface area (Å²) in [6, 6.07) is 0. The molecule has 0 saturated carbocycles. The van der Waals surface area contributed by atoms with Crippen molar-refractivity contribution in [2.75, 3.05) is 18.8 Å². The topological polar surface area (TPSA) is 92.3 Å². The van der Waals surface area contributed by atoms with Crippen LogP contribution in [0.2, 0.25) is 0 Å². The molecule has 1 rings (SSSR count). The smallest absolute Gasteiger partial charge is 0.274 e. The predicted molar refractivity (Wildman–Crippen MR) is 78.4 cm³/mol. The highest BCUT2D eigenvalue weighted by Gasteiger charge is 2.25. The van der Waals surface area contributed by atoms with Crippen LogP contribution in [-0.4, -0.2) is 44.6 Å². The van der Waals surface area contributed by atoms with E-state index in [1.807, 2.05) is 20.8 Å². The van der Waals surface area contributed by atoms with Gasteiger partial charge < -0.3 is 15.7 Å². The van der Waals surface area contributed by atoms with Gasteiger partial charge in [0.2, 0.25) is 0 Å². The highest BCUT2D eigenvalue weighted by Crippen LogP contribution is 2.16. The van der Waals surface area contributed by atoms with Gasteiger partial charge >= 0.3 is 0 Å². The third kappa shape index (κ3) is 4.16. The van der Waals surface area contributed by atoms with E-state index in [4.69, 9.17) is 5.73 Å². The number of carbonyl (C=O) groups excluding carboxylic acids is 1. The minimum Gasteiger partial charge on any atom is -0.396 e. The quantitative estimate of drug-likeness (QED) is 0.851. The number of nitrogen functional groups attached to an aromatic ring is 1. The average Bonchev–Trinajstić information content (AvgIpc) is 2.34. The molecule has 6 heteroatoms. The van der Waals surface area contributed by atoms with Crippen LogP contribution in [0.5, 0.6) is 0 Å². The van der Waals surface area contributed by atoms with E-state index >= 15 is 0 Å². The summed E-state index contributed by atoms with van der Waals surface area (Å²) in [4.78, 5) is 22.4. The predicted octanol–water partition coefficient (Wildman–Crippen LogP) is 1.42. The molecule has 20 heavy (non-hydrogen) atoms. The Morgan fingerprint density at radius 3 is 2.55 bits per heavy atom. The minimum absolute atomic E-state index is 0.117. The van der Waals surface area contributed by atoms with Gasteiger partial charge in [-0.05, 0) is 20.8 Å². The fraction of sp³-hybridized carbons (Fsp3) is 0.643. The third-order valence-corrected chi connectivity index (χ3v) is 2.80. The number of aliphatic hydroxyl groups is 1. The van der Waals surface area contributed by atoms with Crippen LogP contribution in [0.3, 0.4) is 0 Å². The van der Waals surface area contributed by atoms with Gasteiger partial charge in [0, 0.05) is 19.0 Å². The minimum atomic E-state index is -0.964. The lowest BCUT2D eigenvalue weighted by molar-refractivity contribution is 0.0312. The fourth-order valence-electron chi connectivity index (χ4n) is 1.80. The Morgan fingerprint density at radius 1 is 1.50 bits per heavy atom. The van der Waals surface area contributed by atoms with Crippen molar-refractivity contribution in [3.63, 3.8) is 0 Å². The van der Waals surface area contributed by atoms with Gasteiger partial charge in [0.05, 0.1) is 17.5 Å². The molecule has 0 radical (unpaired) electrons. The van der Waals surface area contributed by atoms with Crippen molar-refractivity contribution in [3.05, 3.63) is 17.7 Å². The molecule has 1 heterocycles. The van der Waals surface area contributed by atoms with Crippen molar-refractivity contribution in [3.8, 4) is 0 Å². The first kappa shape index (κ1) is 16.4. The number of amides is 1. The Balaban J connectivity index is 3.09. The molecule has 0 bridgehead atoms. The molecule has 0 aliphatic heterocycles. The third-order valence-electron chi connectivity index (χ3n) is 2.80. The number of nitrogens with zero attached hydrogens (tertiary/aromatic N) is 3. The van der Waals surface area contributed by atoms with E-state index < -0.39 is 5.60 Å². The lowest BCUT2D eigenvalue weighted by atomic mass is 10.1. The Hall–Kier alpha value is -1.69. The molecule has 3 N–H and O–H groups in total. The summed E-state index contributed by atoms with van der Waals surface area (Å²) >= 11 is 0. The van der Waals surface area contributed by atoms with Gasteiger partial charge in [-0.1, -0.05) is 13.8 Å². The van der Waals surface area contributed by atoms with Gasteiger partial charge in [-0.3, -0.25) is 4.79 Å². The molecule has 0 unspecified atom stereocenters. The molecule has 0 fully saturated rings. The maximum absolute atomic E-state index is 12.5. The van der Waals surface area contributed by atoms with Crippen LogP contribution in [0.4, 0.5) is 5.69 Å². The van der Waals surface area contributed by atoms with E-state index in [9.17, 15) is 9.90 Å². The van der Waals surface area contributed by atoms with Crippen molar-refractivity contribution in [1.82, 2.24) is 14.9 Å². The zero-order valence-electron chi connectivity index (χ0n) is 12.8. The highest BCUT2D eigenvalue weighted by atomic mass is 16.3. The normalized spacial score (nSPS) is 11.8. The van der Waals surface area contributed by atoms with Gasteiger partial charge in [-0.25, -0.2) is 9.97 Å². The van der Waals surface area contributed by atoms with Crippen LogP contribution < -0.4 is 5.73 Å². The fourth-order valence-corrected chi connectivity index (χ4v) is 1.80. The molecule has 112 valence electrons. The van der Waals surface area contributed by atoms with Crippen molar-refractivity contribution >= 4 is 11.6 Å². The molecule has 1 aromatic heterocycles. The molecule has 6 nitrogen and oxygen atoms in total. The molecule has 0 aromatic carbocycles. The second-order valence-electron chi connectivity index (χ2n) is 5.82. The second-order valence-corrected chi connectivity index (χ2v) is 5.82. The first-order chi connectivity index (χ1) is 9.15. The maximum atomic E-state index is 12.5. The Kier molecular flexibility index (Phi) is 5.05. The molecule has 1 amide bonds. The molecule has 0 saturated heterocycles. The molecule has 0 aliphatic carbocycles. The van der Waals surface area contributed by atoms with Gasteiger partial charge in [-0.15, -0.1) is 0 Å². The number of carbonyl (C=O) groups is 1. The Morgan fingerprint density at radius 2 is 2.10 bits per heavy atom. The largest absolute Gasteiger partial charge is 0.396 e. The number of hydrogen-bond donors (Lipinski definition) is 2. The molecule has 0 spiro atoms. The van der Waals surface area contributed by atoms with Gasteiger partial charge in [-0.2, -0.15) is 0 Å². The summed E-state index contributed by atoms with van der Waals surface area (Å²) in [7, 11) is 0. The van der Waals surface area contributed by atoms with Gasteiger partial charge in [0.1, 0.15) is 5.82 Å². The average molecular weight is 280 g/mol. The summed E-state index contributed by atoms with van der Waals surface area (Å²) < 4.78 is 0.